The fraction of sp³-hybridized carbons (Fsp3) is 0.672. The second-order valence-corrected chi connectivity index (χ2v) is 27.7. The van der Waals surface area contributed by atoms with E-state index in [1.54, 1.807) is 58.9 Å². The summed E-state index contributed by atoms with van der Waals surface area (Å²) >= 11 is 2.75. The van der Waals surface area contributed by atoms with E-state index >= 15 is 0 Å². The lowest BCUT2D eigenvalue weighted by Crippen LogP contribution is -2.64. The molecule has 14 atom stereocenters. The van der Waals surface area contributed by atoms with Crippen LogP contribution < -0.4 is 31.4 Å². The normalized spacial score (nSPS) is 31.4. The monoisotopic (exact) mass is 1360 g/mol. The highest BCUT2D eigenvalue weighted by Crippen LogP contribution is 2.44. The Balaban J connectivity index is 0.000000197. The minimum atomic E-state index is -1.09. The zero-order valence-corrected chi connectivity index (χ0v) is 57.7. The van der Waals surface area contributed by atoms with Gasteiger partial charge < -0.3 is 91.1 Å². The van der Waals surface area contributed by atoms with Gasteiger partial charge in [0.25, 0.3) is 6.29 Å². The first kappa shape index (κ1) is 73.8. The van der Waals surface area contributed by atoms with E-state index in [2.05, 4.69) is 39.1 Å². The largest absolute Gasteiger partial charge is 0.489 e. The van der Waals surface area contributed by atoms with Crippen molar-refractivity contribution in [1.29, 1.82) is 5.41 Å². The molecule has 0 spiro atoms. The average molecular weight is 1360 g/mol. The second-order valence-electron chi connectivity index (χ2n) is 25.8. The van der Waals surface area contributed by atoms with Crippen LogP contribution in [0.4, 0.5) is 0 Å². The third kappa shape index (κ3) is 18.5. The zero-order chi connectivity index (χ0) is 68.7. The van der Waals surface area contributed by atoms with Crippen molar-refractivity contribution >= 4 is 62.7 Å². The van der Waals surface area contributed by atoms with Crippen LogP contribution in [0.15, 0.2) is 88.3 Å². The van der Waals surface area contributed by atoms with Crippen LogP contribution in [0.5, 0.6) is 11.5 Å². The number of hydrogen-bond acceptors (Lipinski definition) is 28. The molecule has 8 aliphatic heterocycles. The Kier molecular flexibility index (Phi) is 24.0. The highest BCUT2D eigenvalue weighted by Gasteiger charge is 2.61. The van der Waals surface area contributed by atoms with E-state index in [9.17, 15) is 19.2 Å². The van der Waals surface area contributed by atoms with Crippen LogP contribution in [-0.4, -0.2) is 178 Å². The molecule has 0 bridgehead atoms. The molecule has 0 unspecified atom stereocenters. The van der Waals surface area contributed by atoms with Crippen molar-refractivity contribution in [1.82, 2.24) is 10.6 Å². The van der Waals surface area contributed by atoms with E-state index in [0.717, 1.165) is 12.8 Å². The number of rotatable bonds is 21. The van der Waals surface area contributed by atoms with Gasteiger partial charge in [-0.1, -0.05) is 62.3 Å². The molecule has 6 saturated heterocycles. The molecule has 2 aromatic rings. The summed E-state index contributed by atoms with van der Waals surface area (Å²) in [7, 11) is 0. The van der Waals surface area contributed by atoms with Crippen LogP contribution in [-0.2, 0) is 66.5 Å². The Hall–Kier alpha value is -6.03. The first-order chi connectivity index (χ1) is 44.2. The third-order valence-corrected chi connectivity index (χ3v) is 18.3. The van der Waals surface area contributed by atoms with E-state index in [1.807, 2.05) is 69.2 Å². The third-order valence-electron chi connectivity index (χ3n) is 15.6. The molecule has 0 saturated carbocycles. The molecular formula is C64H91N7O21S2. The second kappa shape index (κ2) is 30.6. The van der Waals surface area contributed by atoms with Crippen LogP contribution in [0.1, 0.15) is 153 Å². The van der Waals surface area contributed by atoms with Gasteiger partial charge in [-0.05, 0) is 95.9 Å². The van der Waals surface area contributed by atoms with Gasteiger partial charge in [0.2, 0.25) is 18.1 Å². The number of amides is 2. The standard InChI is InChI=1S/C31H43N3O10S.C19H25N3O5S.C14H23NO6/c1-9-11-19(20-13-18(37-12-10-2)14-22(35)39-20)32-28(36)31(8)16-45-26(33-31)17(3)34-44-27-25-24(42-30(6,7)43-25)23-21(40-27)15-38-29(4,5)41-23;1-5-7-14(15-9-13(26-8-6-2)10-16(23)27-15)20-18(24)19(4)11-28-17(21-19)12(3)22-25;1-7(15)17-12-11-10(20-14(4,5)21-11)9-8(18-12)6-16-13(2,3)19-9/h10,13-14,19,21,23-25,27H,2,9,11-12,15-16H2,1,3-8H3,(H,32,36);6,9-10,14,25H,2,5,7-8,11H2,1,3-4H3,(H,20,24);8-12,15H,6H2,1-5H3/b34-17+;22-12+;/t19-,21-,23-,24+,25+,27-,31+;14-,19+;8-,9-,10+,11+,12+/m111/s1. The lowest BCUT2D eigenvalue weighted by atomic mass is 9.97. The molecule has 0 aromatic carbocycles. The quantitative estimate of drug-likeness (QED) is 0.0301. The molecule has 8 aliphatic rings. The highest BCUT2D eigenvalue weighted by molar-refractivity contribution is 8.16. The average Bonchev–Trinajstić information content (AvgIpc) is 1.55. The lowest BCUT2D eigenvalue weighted by molar-refractivity contribution is -0.370. The first-order valence-electron chi connectivity index (χ1n) is 31.3. The minimum Gasteiger partial charge on any atom is -0.489 e. The Morgan fingerprint density at radius 2 is 1.04 bits per heavy atom. The molecule has 10 rings (SSSR count). The van der Waals surface area contributed by atoms with E-state index in [-0.39, 0.29) is 49.2 Å². The summed E-state index contributed by atoms with van der Waals surface area (Å²) in [6.45, 7) is 35.5. The Morgan fingerprint density at radius 1 is 0.638 bits per heavy atom. The van der Waals surface area contributed by atoms with Gasteiger partial charge in [-0.15, -0.1) is 23.5 Å². The van der Waals surface area contributed by atoms with Gasteiger partial charge in [-0.25, -0.2) is 9.59 Å². The maximum Gasteiger partial charge on any atom is 0.339 e. The maximum absolute atomic E-state index is 13.6. The SMILES string of the molecule is C=CCOc1cc([C@@H](CCC)NC(=O)[C@]2(C)CSC(/C(C)=N/O)=N2)oc(=O)c1.C=CCOc1cc([C@@H](CCC)NC(=O)[C@]2(C)CSC(/C(C)=N/O[C@H]3O[C@@H]4COC(C)(C)O[C@H]4[C@@H]4OC(C)(C)O[C@H]34)=N2)oc(=O)c1.CC(=N)O[C@H]1O[C@@H]2COC(C)(C)O[C@H]2[C@@H]2OC(C)(C)O[C@H]12. The molecule has 2 aromatic heterocycles. The Labute approximate surface area is 555 Å². The smallest absolute Gasteiger partial charge is 0.339 e. The predicted octanol–water partition coefficient (Wildman–Crippen LogP) is 8.17. The van der Waals surface area contributed by atoms with Crippen LogP contribution in [0, 0.1) is 5.41 Å². The number of nitrogens with zero attached hydrogens (tertiary/aromatic N) is 4. The van der Waals surface area contributed by atoms with Crippen molar-refractivity contribution < 1.29 is 90.0 Å². The topological polar surface area (TPSA) is 341 Å². The van der Waals surface area contributed by atoms with E-state index < -0.39 is 101 Å². The fourth-order valence-corrected chi connectivity index (χ4v) is 13.4. The summed E-state index contributed by atoms with van der Waals surface area (Å²) in [5, 5.41) is 30.9. The van der Waals surface area contributed by atoms with Gasteiger partial charge >= 0.3 is 11.3 Å². The van der Waals surface area contributed by atoms with Gasteiger partial charge in [-0.3, -0.25) is 25.0 Å². The number of ether oxygens (including phenoxy) is 13. The molecule has 0 aliphatic carbocycles. The maximum atomic E-state index is 13.6. The number of thioether (sulfide) groups is 2. The number of carbonyl (C=O) groups is 2. The molecule has 28 nitrogen and oxygen atoms in total. The molecule has 520 valence electrons. The summed E-state index contributed by atoms with van der Waals surface area (Å²) in [6, 6.07) is 4.69. The van der Waals surface area contributed by atoms with Gasteiger partial charge in [0.15, 0.2) is 41.3 Å². The number of fused-ring (bicyclic) bond motifs is 6. The van der Waals surface area contributed by atoms with Gasteiger partial charge in [0.1, 0.15) is 105 Å². The van der Waals surface area contributed by atoms with Crippen molar-refractivity contribution in [3.05, 3.63) is 81.9 Å². The Bertz CT molecular complexity index is 3320. The predicted molar refractivity (Wildman–Crippen MR) is 348 cm³/mol. The summed E-state index contributed by atoms with van der Waals surface area (Å²) in [5.41, 5.74) is -2.36. The van der Waals surface area contributed by atoms with Crippen LogP contribution in [0.2, 0.25) is 0 Å². The fourth-order valence-electron chi connectivity index (χ4n) is 11.2. The number of oxime groups is 2. The summed E-state index contributed by atoms with van der Waals surface area (Å²) < 4.78 is 87.0. The van der Waals surface area contributed by atoms with E-state index in [1.165, 1.54) is 35.7 Å². The lowest BCUT2D eigenvalue weighted by Gasteiger charge is -2.48. The molecular weight excluding hydrogens is 1270 g/mol. The van der Waals surface area contributed by atoms with Crippen molar-refractivity contribution in [3.63, 3.8) is 0 Å². The minimum absolute atomic E-state index is 0.0727. The molecule has 30 heteroatoms. The molecule has 94 heavy (non-hydrogen) atoms. The summed E-state index contributed by atoms with van der Waals surface area (Å²) in [6.07, 6.45) is 1.03. The molecule has 4 N–H and O–H groups in total. The van der Waals surface area contributed by atoms with Crippen molar-refractivity contribution in [2.75, 3.05) is 37.9 Å². The van der Waals surface area contributed by atoms with Crippen molar-refractivity contribution in [2.24, 2.45) is 20.3 Å². The number of aliphatic imine (C=N–C) groups is 2. The highest BCUT2D eigenvalue weighted by atomic mass is 32.2. The molecule has 2 amide bonds. The van der Waals surface area contributed by atoms with Gasteiger partial charge in [-0.2, -0.15) is 0 Å². The van der Waals surface area contributed by atoms with E-state index in [0.29, 0.717) is 82.1 Å². The van der Waals surface area contributed by atoms with E-state index in [4.69, 9.17) is 90.9 Å². The van der Waals surface area contributed by atoms with Crippen LogP contribution in [0.3, 0.4) is 0 Å². The van der Waals surface area contributed by atoms with Gasteiger partial charge in [0, 0.05) is 30.6 Å². The zero-order valence-electron chi connectivity index (χ0n) is 56.1. The summed E-state index contributed by atoms with van der Waals surface area (Å²) in [5.74, 6) is -1.43. The summed E-state index contributed by atoms with van der Waals surface area (Å²) in [4.78, 5) is 65.6. The van der Waals surface area contributed by atoms with Crippen molar-refractivity contribution in [2.45, 2.75) is 237 Å². The van der Waals surface area contributed by atoms with Crippen LogP contribution >= 0.6 is 23.5 Å². The van der Waals surface area contributed by atoms with Crippen LogP contribution in [0.25, 0.3) is 0 Å². The molecule has 10 heterocycles. The number of carbonyl (C=O) groups excluding carboxylic acids is 2. The number of nitrogens with one attached hydrogen (secondary N) is 3. The van der Waals surface area contributed by atoms with Crippen molar-refractivity contribution in [3.8, 4) is 11.5 Å². The Morgan fingerprint density at radius 3 is 1.46 bits per heavy atom. The first-order valence-corrected chi connectivity index (χ1v) is 33.3. The number of hydrogen-bond donors (Lipinski definition) is 4. The molecule has 6 fully saturated rings. The molecule has 0 radical (unpaired) electrons. The van der Waals surface area contributed by atoms with Gasteiger partial charge in [0.05, 0.1) is 37.4 Å².